The molecule has 1 atom stereocenters. The largest absolute Gasteiger partial charge is 0.495 e. The van der Waals surface area contributed by atoms with Gasteiger partial charge < -0.3 is 10.1 Å². The highest BCUT2D eigenvalue weighted by atomic mass is 35.5. The summed E-state index contributed by atoms with van der Waals surface area (Å²) in [7, 11) is 1.63. The van der Waals surface area contributed by atoms with Crippen molar-refractivity contribution in [2.45, 2.75) is 19.4 Å². The fourth-order valence-corrected chi connectivity index (χ4v) is 2.81. The zero-order chi connectivity index (χ0) is 13.7. The van der Waals surface area contributed by atoms with Gasteiger partial charge in [-0.25, -0.2) is 0 Å². The SMILES string of the molecule is CCCNC(c1ccc(Cl)c(OC)c1)c1cncs1. The van der Waals surface area contributed by atoms with Crippen LogP contribution in [0.5, 0.6) is 5.75 Å². The molecular formula is C14H17ClN2OS. The van der Waals surface area contributed by atoms with E-state index >= 15 is 0 Å². The van der Waals surface area contributed by atoms with Gasteiger partial charge in [0.15, 0.2) is 0 Å². The molecular weight excluding hydrogens is 280 g/mol. The predicted molar refractivity (Wildman–Crippen MR) is 80.3 cm³/mol. The zero-order valence-corrected chi connectivity index (χ0v) is 12.6. The summed E-state index contributed by atoms with van der Waals surface area (Å²) in [6, 6.07) is 6.02. The number of benzene rings is 1. The van der Waals surface area contributed by atoms with Gasteiger partial charge in [-0.3, -0.25) is 4.98 Å². The van der Waals surface area contributed by atoms with Gasteiger partial charge in [0.1, 0.15) is 5.75 Å². The van der Waals surface area contributed by atoms with Crippen LogP contribution in [0.1, 0.15) is 29.8 Å². The molecule has 1 unspecified atom stereocenters. The van der Waals surface area contributed by atoms with Gasteiger partial charge in [0.25, 0.3) is 0 Å². The monoisotopic (exact) mass is 296 g/mol. The maximum atomic E-state index is 6.08. The molecule has 0 radical (unpaired) electrons. The first-order chi connectivity index (χ1) is 9.26. The van der Waals surface area contributed by atoms with Gasteiger partial charge >= 0.3 is 0 Å². The molecule has 1 aromatic heterocycles. The Morgan fingerprint density at radius 2 is 2.32 bits per heavy atom. The topological polar surface area (TPSA) is 34.1 Å². The van der Waals surface area contributed by atoms with Gasteiger partial charge in [0, 0.05) is 11.1 Å². The van der Waals surface area contributed by atoms with E-state index < -0.39 is 0 Å². The molecule has 0 aliphatic carbocycles. The van der Waals surface area contributed by atoms with Gasteiger partial charge in [0.2, 0.25) is 0 Å². The van der Waals surface area contributed by atoms with Gasteiger partial charge in [-0.1, -0.05) is 24.6 Å². The normalized spacial score (nSPS) is 12.4. The van der Waals surface area contributed by atoms with Gasteiger partial charge in [-0.2, -0.15) is 0 Å². The molecule has 1 N–H and O–H groups in total. The molecule has 2 rings (SSSR count). The maximum Gasteiger partial charge on any atom is 0.137 e. The van der Waals surface area contributed by atoms with Crippen molar-refractivity contribution in [3.8, 4) is 5.75 Å². The van der Waals surface area contributed by atoms with Crippen LogP contribution in [-0.4, -0.2) is 18.6 Å². The highest BCUT2D eigenvalue weighted by molar-refractivity contribution is 7.09. The van der Waals surface area contributed by atoms with Crippen LogP contribution in [0.3, 0.4) is 0 Å². The van der Waals surface area contributed by atoms with E-state index in [2.05, 4.69) is 17.2 Å². The zero-order valence-electron chi connectivity index (χ0n) is 11.0. The minimum absolute atomic E-state index is 0.138. The fourth-order valence-electron chi connectivity index (χ4n) is 1.90. The number of ether oxygens (including phenoxy) is 1. The minimum Gasteiger partial charge on any atom is -0.495 e. The molecule has 0 aliphatic heterocycles. The molecule has 1 heterocycles. The van der Waals surface area contributed by atoms with E-state index in [-0.39, 0.29) is 6.04 Å². The molecule has 0 spiro atoms. The summed E-state index contributed by atoms with van der Waals surface area (Å²) < 4.78 is 5.29. The number of hydrogen-bond acceptors (Lipinski definition) is 4. The van der Waals surface area contributed by atoms with Crippen LogP contribution in [-0.2, 0) is 0 Å². The minimum atomic E-state index is 0.138. The molecule has 102 valence electrons. The number of halogens is 1. The summed E-state index contributed by atoms with van der Waals surface area (Å²) in [5.74, 6) is 0.701. The number of methoxy groups -OCH3 is 1. The molecule has 5 heteroatoms. The average Bonchev–Trinajstić information content (AvgIpc) is 2.95. The molecule has 19 heavy (non-hydrogen) atoms. The highest BCUT2D eigenvalue weighted by Crippen LogP contribution is 2.31. The number of nitrogens with zero attached hydrogens (tertiary/aromatic N) is 1. The third-order valence-electron chi connectivity index (χ3n) is 2.84. The van der Waals surface area contributed by atoms with Crippen LogP contribution < -0.4 is 10.1 Å². The second-order valence-corrected chi connectivity index (χ2v) is 5.51. The molecule has 2 aromatic rings. The Morgan fingerprint density at radius 1 is 1.47 bits per heavy atom. The van der Waals surface area contributed by atoms with Crippen LogP contribution in [0, 0.1) is 0 Å². The molecule has 0 saturated heterocycles. The first-order valence-corrected chi connectivity index (χ1v) is 7.47. The summed E-state index contributed by atoms with van der Waals surface area (Å²) in [6.45, 7) is 3.10. The second-order valence-electron chi connectivity index (χ2n) is 4.18. The molecule has 0 saturated carbocycles. The lowest BCUT2D eigenvalue weighted by Crippen LogP contribution is -2.22. The van der Waals surface area contributed by atoms with Gasteiger partial charge in [-0.15, -0.1) is 11.3 Å². The Balaban J connectivity index is 2.32. The lowest BCUT2D eigenvalue weighted by molar-refractivity contribution is 0.414. The Hall–Kier alpha value is -1.10. The van der Waals surface area contributed by atoms with E-state index in [1.165, 1.54) is 4.88 Å². The Morgan fingerprint density at radius 3 is 2.95 bits per heavy atom. The lowest BCUT2D eigenvalue weighted by Gasteiger charge is -2.18. The molecule has 0 aliphatic rings. The van der Waals surface area contributed by atoms with Crippen molar-refractivity contribution in [3.05, 3.63) is 45.4 Å². The Bertz CT molecular complexity index is 516. The number of rotatable bonds is 6. The quantitative estimate of drug-likeness (QED) is 0.878. The van der Waals surface area contributed by atoms with Crippen LogP contribution in [0.15, 0.2) is 29.9 Å². The van der Waals surface area contributed by atoms with Crippen molar-refractivity contribution in [1.29, 1.82) is 0 Å². The van der Waals surface area contributed by atoms with Gasteiger partial charge in [0.05, 0.1) is 23.7 Å². The number of thiazole rings is 1. The van der Waals surface area contributed by atoms with E-state index in [1.54, 1.807) is 18.4 Å². The number of hydrogen-bond donors (Lipinski definition) is 1. The lowest BCUT2D eigenvalue weighted by atomic mass is 10.1. The van der Waals surface area contributed by atoms with E-state index in [0.29, 0.717) is 10.8 Å². The van der Waals surface area contributed by atoms with Gasteiger partial charge in [-0.05, 0) is 30.7 Å². The smallest absolute Gasteiger partial charge is 0.137 e. The molecule has 3 nitrogen and oxygen atoms in total. The standard InChI is InChI=1S/C14H17ClN2OS/c1-3-6-17-14(13-8-16-9-19-13)10-4-5-11(15)12(7-10)18-2/h4-5,7-9,14,17H,3,6H2,1-2H3. The first kappa shape index (κ1) is 14.3. The van der Waals surface area contributed by atoms with E-state index in [9.17, 15) is 0 Å². The third kappa shape index (κ3) is 3.47. The van der Waals surface area contributed by atoms with Crippen molar-refractivity contribution in [2.24, 2.45) is 0 Å². The fraction of sp³-hybridized carbons (Fsp3) is 0.357. The highest BCUT2D eigenvalue weighted by Gasteiger charge is 2.16. The van der Waals surface area contributed by atoms with Crippen LogP contribution in [0.25, 0.3) is 0 Å². The Kier molecular flexibility index (Phi) is 5.19. The summed E-state index contributed by atoms with van der Waals surface area (Å²) >= 11 is 7.72. The second kappa shape index (κ2) is 6.89. The summed E-state index contributed by atoms with van der Waals surface area (Å²) in [4.78, 5) is 5.35. The molecule has 0 amide bonds. The van der Waals surface area contributed by atoms with Crippen molar-refractivity contribution in [3.63, 3.8) is 0 Å². The molecule has 0 bridgehead atoms. The molecule has 1 aromatic carbocycles. The first-order valence-electron chi connectivity index (χ1n) is 6.21. The van der Waals surface area contributed by atoms with E-state index in [4.69, 9.17) is 16.3 Å². The van der Waals surface area contributed by atoms with Crippen molar-refractivity contribution in [2.75, 3.05) is 13.7 Å². The van der Waals surface area contributed by atoms with E-state index in [0.717, 1.165) is 18.5 Å². The summed E-state index contributed by atoms with van der Waals surface area (Å²) in [6.07, 6.45) is 2.99. The number of nitrogens with one attached hydrogen (secondary N) is 1. The average molecular weight is 297 g/mol. The van der Waals surface area contributed by atoms with Crippen LogP contribution >= 0.6 is 22.9 Å². The third-order valence-corrected chi connectivity index (χ3v) is 4.00. The Labute approximate surface area is 122 Å². The summed E-state index contributed by atoms with van der Waals surface area (Å²) in [5.41, 5.74) is 2.99. The summed E-state index contributed by atoms with van der Waals surface area (Å²) in [5, 5.41) is 4.16. The van der Waals surface area contributed by atoms with Crippen molar-refractivity contribution >= 4 is 22.9 Å². The van der Waals surface area contributed by atoms with Crippen molar-refractivity contribution < 1.29 is 4.74 Å². The van der Waals surface area contributed by atoms with Crippen LogP contribution in [0.2, 0.25) is 5.02 Å². The maximum absolute atomic E-state index is 6.08. The number of aromatic nitrogens is 1. The molecule has 0 fully saturated rings. The predicted octanol–water partition coefficient (Wildman–Crippen LogP) is 3.89. The van der Waals surface area contributed by atoms with Crippen molar-refractivity contribution in [1.82, 2.24) is 10.3 Å². The van der Waals surface area contributed by atoms with Crippen LogP contribution in [0.4, 0.5) is 0 Å². The van der Waals surface area contributed by atoms with E-state index in [1.807, 2.05) is 29.9 Å².